The van der Waals surface area contributed by atoms with Crippen LogP contribution in [0.3, 0.4) is 0 Å². The second-order valence-electron chi connectivity index (χ2n) is 6.76. The number of amides is 1. The minimum Gasteiger partial charge on any atom is -0.469 e. The summed E-state index contributed by atoms with van der Waals surface area (Å²) in [7, 11) is 3.86. The summed E-state index contributed by atoms with van der Waals surface area (Å²) in [5, 5.41) is 9.10. The number of carbonyl (C=O) groups is 1. The van der Waals surface area contributed by atoms with Crippen LogP contribution in [0.2, 0.25) is 0 Å². The van der Waals surface area contributed by atoms with Gasteiger partial charge in [-0.2, -0.15) is 0 Å². The largest absolute Gasteiger partial charge is 0.469 e. The molecule has 6 nitrogen and oxygen atoms in total. The Kier molecular flexibility index (Phi) is 5.51. The van der Waals surface area contributed by atoms with E-state index in [1.54, 1.807) is 6.26 Å². The van der Waals surface area contributed by atoms with Crippen molar-refractivity contribution in [3.05, 3.63) is 18.1 Å². The van der Waals surface area contributed by atoms with Crippen molar-refractivity contribution >= 4 is 17.7 Å². The van der Waals surface area contributed by atoms with Crippen molar-refractivity contribution in [3.63, 3.8) is 0 Å². The maximum absolute atomic E-state index is 12.8. The van der Waals surface area contributed by atoms with Crippen molar-refractivity contribution < 1.29 is 9.21 Å². The van der Waals surface area contributed by atoms with Gasteiger partial charge in [-0.15, -0.1) is 10.2 Å². The number of furan rings is 1. The maximum Gasteiger partial charge on any atom is 0.235 e. The van der Waals surface area contributed by atoms with Crippen molar-refractivity contribution in [2.45, 2.75) is 62.4 Å². The minimum atomic E-state index is -0.187. The first kappa shape index (κ1) is 18.0. The Hall–Kier alpha value is -1.76. The fourth-order valence-electron chi connectivity index (χ4n) is 3.41. The Morgan fingerprint density at radius 3 is 2.72 bits per heavy atom. The van der Waals surface area contributed by atoms with E-state index in [1.165, 1.54) is 31.0 Å². The summed E-state index contributed by atoms with van der Waals surface area (Å²) >= 11 is 1.46. The summed E-state index contributed by atoms with van der Waals surface area (Å²) in [6, 6.07) is 2.27. The second-order valence-corrected chi connectivity index (χ2v) is 8.06. The number of aromatic nitrogens is 3. The van der Waals surface area contributed by atoms with Gasteiger partial charge >= 0.3 is 0 Å². The van der Waals surface area contributed by atoms with E-state index in [-0.39, 0.29) is 11.2 Å². The van der Waals surface area contributed by atoms with E-state index in [1.807, 2.05) is 43.5 Å². The normalized spacial score (nSPS) is 16.8. The molecule has 1 atom stereocenters. The van der Waals surface area contributed by atoms with Crippen molar-refractivity contribution in [3.8, 4) is 11.4 Å². The van der Waals surface area contributed by atoms with Crippen LogP contribution >= 0.6 is 11.8 Å². The van der Waals surface area contributed by atoms with Crippen molar-refractivity contribution in [2.24, 2.45) is 7.05 Å². The van der Waals surface area contributed by atoms with E-state index in [0.717, 1.165) is 35.1 Å². The molecule has 136 valence electrons. The lowest BCUT2D eigenvalue weighted by Gasteiger charge is -2.32. The van der Waals surface area contributed by atoms with Crippen LogP contribution in [-0.2, 0) is 11.8 Å². The Balaban J connectivity index is 1.68. The first-order valence-electron chi connectivity index (χ1n) is 8.86. The zero-order chi connectivity index (χ0) is 18.0. The molecular weight excluding hydrogens is 336 g/mol. The highest BCUT2D eigenvalue weighted by Gasteiger charge is 2.27. The monoisotopic (exact) mass is 362 g/mol. The fourth-order valence-corrected chi connectivity index (χ4v) is 4.33. The van der Waals surface area contributed by atoms with E-state index in [9.17, 15) is 4.79 Å². The molecule has 7 heteroatoms. The standard InChI is InChI=1S/C18H26N4O2S/c1-12-15(10-11-24-12)16-19-20-18(22(16)4)25-13(2)17(23)21(3)14-8-6-5-7-9-14/h10-11,13-14H,5-9H2,1-4H3/t13-/m0/s1. The Morgan fingerprint density at radius 2 is 2.08 bits per heavy atom. The maximum atomic E-state index is 12.8. The van der Waals surface area contributed by atoms with Gasteiger partial charge in [-0.3, -0.25) is 4.79 Å². The Morgan fingerprint density at radius 1 is 1.36 bits per heavy atom. The average molecular weight is 362 g/mol. The number of hydrogen-bond donors (Lipinski definition) is 0. The van der Waals surface area contributed by atoms with Crippen LogP contribution in [0.1, 0.15) is 44.8 Å². The van der Waals surface area contributed by atoms with Crippen molar-refractivity contribution in [2.75, 3.05) is 7.05 Å². The molecule has 1 saturated carbocycles. The molecule has 2 aromatic rings. The molecule has 0 N–H and O–H groups in total. The molecule has 0 aliphatic heterocycles. The summed E-state index contributed by atoms with van der Waals surface area (Å²) in [5.41, 5.74) is 0.931. The quantitative estimate of drug-likeness (QED) is 0.760. The molecule has 0 unspecified atom stereocenters. The molecule has 1 aliphatic rings. The van der Waals surface area contributed by atoms with Gasteiger partial charge in [0.15, 0.2) is 11.0 Å². The third kappa shape index (κ3) is 3.76. The molecular formula is C18H26N4O2S. The van der Waals surface area contributed by atoms with Crippen LogP contribution in [0.15, 0.2) is 21.9 Å². The lowest BCUT2D eigenvalue weighted by Crippen LogP contribution is -2.42. The molecule has 1 fully saturated rings. The summed E-state index contributed by atoms with van der Waals surface area (Å²) in [4.78, 5) is 14.7. The highest BCUT2D eigenvalue weighted by molar-refractivity contribution is 8.00. The molecule has 3 rings (SSSR count). The Bertz CT molecular complexity index is 733. The first-order chi connectivity index (χ1) is 12.0. The second kappa shape index (κ2) is 7.64. The Labute approximate surface area is 153 Å². The summed E-state index contributed by atoms with van der Waals surface area (Å²) in [5.74, 6) is 1.74. The van der Waals surface area contributed by atoms with Gasteiger partial charge in [0.05, 0.1) is 17.1 Å². The summed E-state index contributed by atoms with van der Waals surface area (Å²) < 4.78 is 7.28. The number of rotatable bonds is 5. The first-order valence-corrected chi connectivity index (χ1v) is 9.74. The summed E-state index contributed by atoms with van der Waals surface area (Å²) in [6.07, 6.45) is 7.62. The van der Waals surface area contributed by atoms with Gasteiger partial charge < -0.3 is 13.9 Å². The highest BCUT2D eigenvalue weighted by atomic mass is 32.2. The number of aryl methyl sites for hydroxylation is 1. The van der Waals surface area contributed by atoms with Crippen LogP contribution in [0.4, 0.5) is 0 Å². The van der Waals surface area contributed by atoms with E-state index in [4.69, 9.17) is 4.42 Å². The van der Waals surface area contributed by atoms with Crippen molar-refractivity contribution in [1.29, 1.82) is 0 Å². The third-order valence-corrected chi connectivity index (χ3v) is 6.16. The number of carbonyl (C=O) groups excluding carboxylic acids is 1. The van der Waals surface area contributed by atoms with Crippen molar-refractivity contribution in [1.82, 2.24) is 19.7 Å². The van der Waals surface area contributed by atoms with Crippen LogP contribution in [-0.4, -0.2) is 43.9 Å². The van der Waals surface area contributed by atoms with E-state index < -0.39 is 0 Å². The molecule has 2 heterocycles. The molecule has 0 spiro atoms. The highest BCUT2D eigenvalue weighted by Crippen LogP contribution is 2.29. The summed E-state index contributed by atoms with van der Waals surface area (Å²) in [6.45, 7) is 3.85. The molecule has 1 aliphatic carbocycles. The van der Waals surface area contributed by atoms with Crippen LogP contribution < -0.4 is 0 Å². The van der Waals surface area contributed by atoms with Crippen LogP contribution in [0.25, 0.3) is 11.4 Å². The van der Waals surface area contributed by atoms with E-state index >= 15 is 0 Å². The molecule has 2 aromatic heterocycles. The smallest absolute Gasteiger partial charge is 0.235 e. The predicted molar refractivity (Wildman–Crippen MR) is 98.4 cm³/mol. The van der Waals surface area contributed by atoms with Gasteiger partial charge in [-0.05, 0) is 32.8 Å². The van der Waals surface area contributed by atoms with Gasteiger partial charge in [0, 0.05) is 20.1 Å². The molecule has 0 aromatic carbocycles. The third-order valence-electron chi connectivity index (χ3n) is 5.03. The average Bonchev–Trinajstić information content (AvgIpc) is 3.20. The molecule has 0 radical (unpaired) electrons. The molecule has 0 saturated heterocycles. The lowest BCUT2D eigenvalue weighted by atomic mass is 9.94. The number of thioether (sulfide) groups is 1. The topological polar surface area (TPSA) is 64.2 Å². The van der Waals surface area contributed by atoms with Gasteiger partial charge in [0.2, 0.25) is 5.91 Å². The van der Waals surface area contributed by atoms with Gasteiger partial charge in [0.25, 0.3) is 0 Å². The fraction of sp³-hybridized carbons (Fsp3) is 0.611. The van der Waals surface area contributed by atoms with Gasteiger partial charge in [-0.1, -0.05) is 31.0 Å². The zero-order valence-electron chi connectivity index (χ0n) is 15.4. The van der Waals surface area contributed by atoms with Crippen LogP contribution in [0, 0.1) is 6.92 Å². The molecule has 25 heavy (non-hydrogen) atoms. The predicted octanol–water partition coefficient (Wildman–Crippen LogP) is 3.66. The minimum absolute atomic E-state index is 0.168. The lowest BCUT2D eigenvalue weighted by molar-refractivity contribution is -0.131. The van der Waals surface area contributed by atoms with Gasteiger partial charge in [-0.25, -0.2) is 0 Å². The number of hydrogen-bond acceptors (Lipinski definition) is 5. The molecule has 1 amide bonds. The molecule has 0 bridgehead atoms. The van der Waals surface area contributed by atoms with Gasteiger partial charge in [0.1, 0.15) is 5.76 Å². The zero-order valence-corrected chi connectivity index (χ0v) is 16.2. The SMILES string of the molecule is Cc1occc1-c1nnc(S[C@@H](C)C(=O)N(C)C2CCCCC2)n1C. The number of nitrogens with zero attached hydrogens (tertiary/aromatic N) is 4. The van der Waals surface area contributed by atoms with E-state index in [0.29, 0.717) is 6.04 Å². The van der Waals surface area contributed by atoms with E-state index in [2.05, 4.69) is 10.2 Å². The van der Waals surface area contributed by atoms with Crippen LogP contribution in [0.5, 0.6) is 0 Å².